The van der Waals surface area contributed by atoms with Crippen LogP contribution >= 0.6 is 15.9 Å². The quantitative estimate of drug-likeness (QED) is 0.500. The van der Waals surface area contributed by atoms with Crippen LogP contribution in [0.15, 0.2) is 82.2 Å². The maximum atomic E-state index is 13.1. The van der Waals surface area contributed by atoms with Gasteiger partial charge in [0, 0.05) is 6.20 Å². The lowest BCUT2D eigenvalue weighted by Crippen LogP contribution is -2.31. The Labute approximate surface area is 174 Å². The summed E-state index contributed by atoms with van der Waals surface area (Å²) in [5.41, 5.74) is 1.73. The number of ether oxygens (including phenoxy) is 1. The fourth-order valence-electron chi connectivity index (χ4n) is 2.96. The summed E-state index contributed by atoms with van der Waals surface area (Å²) in [6.45, 7) is 0.193. The lowest BCUT2D eigenvalue weighted by atomic mass is 10.2. The normalized spacial score (nSPS) is 10.8. The molecule has 0 unspecified atom stereocenters. The molecular formula is C21H17BrN4O3. The largest absolute Gasteiger partial charge is 0.445 e. The summed E-state index contributed by atoms with van der Waals surface area (Å²) in [4.78, 5) is 25.2. The molecule has 0 atom stereocenters. The second-order valence-electron chi connectivity index (χ2n) is 6.26. The summed E-state index contributed by atoms with van der Waals surface area (Å²) in [5.74, 6) is 0.383. The fraction of sp³-hybridized carbons (Fsp3) is 0.0952. The van der Waals surface area contributed by atoms with Crippen molar-refractivity contribution in [3.63, 3.8) is 0 Å². The van der Waals surface area contributed by atoms with Crippen molar-refractivity contribution in [1.29, 1.82) is 0 Å². The minimum absolute atomic E-state index is 0.0312. The summed E-state index contributed by atoms with van der Waals surface area (Å²) in [6, 6.07) is 20.3. The molecule has 0 radical (unpaired) electrons. The number of fused-ring (bicyclic) bond motifs is 1. The standard InChI is InChI=1S/C21H17BrN4O3/c22-17-11-12-25-19(17)20(27)26(16-9-5-2-6-10-16)18(24-25)13-23-21(28)29-14-15-7-3-1-4-8-15/h1-12H,13-14H2,(H,23,28). The number of rotatable bonds is 5. The second kappa shape index (κ2) is 8.32. The van der Waals surface area contributed by atoms with E-state index in [4.69, 9.17) is 4.74 Å². The van der Waals surface area contributed by atoms with E-state index in [0.717, 1.165) is 5.56 Å². The second-order valence-corrected chi connectivity index (χ2v) is 7.12. The molecule has 0 saturated carbocycles. The van der Waals surface area contributed by atoms with Gasteiger partial charge in [-0.25, -0.2) is 9.31 Å². The zero-order valence-electron chi connectivity index (χ0n) is 15.3. The van der Waals surface area contributed by atoms with Crippen LogP contribution in [0.2, 0.25) is 0 Å². The molecule has 1 amide bonds. The number of para-hydroxylation sites is 1. The number of halogens is 1. The first-order chi connectivity index (χ1) is 14.1. The summed E-state index contributed by atoms with van der Waals surface area (Å²) in [5, 5.41) is 7.17. The van der Waals surface area contributed by atoms with E-state index in [-0.39, 0.29) is 18.7 Å². The van der Waals surface area contributed by atoms with Gasteiger partial charge in [0.05, 0.1) is 16.7 Å². The van der Waals surface area contributed by atoms with Crippen LogP contribution in [0.4, 0.5) is 4.79 Å². The Kier molecular flexibility index (Phi) is 5.44. The number of nitrogens with zero attached hydrogens (tertiary/aromatic N) is 3. The molecule has 146 valence electrons. The Bertz CT molecular complexity index is 1200. The highest BCUT2D eigenvalue weighted by atomic mass is 79.9. The average Bonchev–Trinajstić information content (AvgIpc) is 3.13. The van der Waals surface area contributed by atoms with Crippen LogP contribution in [0.25, 0.3) is 11.2 Å². The molecule has 2 heterocycles. The van der Waals surface area contributed by atoms with Gasteiger partial charge in [0.15, 0.2) is 5.82 Å². The number of benzene rings is 2. The molecule has 0 spiro atoms. The number of alkyl carbamates (subject to hydrolysis) is 1. The highest BCUT2D eigenvalue weighted by Crippen LogP contribution is 2.17. The van der Waals surface area contributed by atoms with Crippen LogP contribution in [0.1, 0.15) is 11.4 Å². The maximum absolute atomic E-state index is 13.1. The van der Waals surface area contributed by atoms with Gasteiger partial charge in [-0.3, -0.25) is 9.36 Å². The van der Waals surface area contributed by atoms with Crippen molar-refractivity contribution in [2.24, 2.45) is 0 Å². The molecule has 0 bridgehead atoms. The third kappa shape index (κ3) is 4.07. The predicted octanol–water partition coefficient (Wildman–Crippen LogP) is 3.67. The van der Waals surface area contributed by atoms with E-state index in [2.05, 4.69) is 26.3 Å². The number of carbonyl (C=O) groups excluding carboxylic acids is 1. The van der Waals surface area contributed by atoms with Crippen LogP contribution in [0.3, 0.4) is 0 Å². The van der Waals surface area contributed by atoms with Gasteiger partial charge in [0.25, 0.3) is 5.56 Å². The van der Waals surface area contributed by atoms with Gasteiger partial charge in [-0.1, -0.05) is 48.5 Å². The summed E-state index contributed by atoms with van der Waals surface area (Å²) in [7, 11) is 0. The minimum atomic E-state index is -0.587. The van der Waals surface area contributed by atoms with Crippen LogP contribution in [0, 0.1) is 0 Å². The molecule has 0 aliphatic carbocycles. The lowest BCUT2D eigenvalue weighted by molar-refractivity contribution is 0.138. The van der Waals surface area contributed by atoms with E-state index in [1.807, 2.05) is 60.7 Å². The van der Waals surface area contributed by atoms with Gasteiger partial charge in [-0.2, -0.15) is 5.10 Å². The Morgan fingerprint density at radius 2 is 1.72 bits per heavy atom. The zero-order valence-corrected chi connectivity index (χ0v) is 16.9. The van der Waals surface area contributed by atoms with E-state index in [1.54, 1.807) is 12.3 Å². The molecule has 2 aromatic heterocycles. The molecule has 0 saturated heterocycles. The molecule has 0 fully saturated rings. The van der Waals surface area contributed by atoms with Crippen molar-refractivity contribution >= 4 is 27.5 Å². The average molecular weight is 453 g/mol. The van der Waals surface area contributed by atoms with Gasteiger partial charge in [-0.15, -0.1) is 0 Å². The van der Waals surface area contributed by atoms with Crippen molar-refractivity contribution in [2.75, 3.05) is 0 Å². The van der Waals surface area contributed by atoms with Gasteiger partial charge in [0.2, 0.25) is 0 Å². The van der Waals surface area contributed by atoms with Gasteiger partial charge < -0.3 is 10.1 Å². The number of hydrogen-bond donors (Lipinski definition) is 1. The third-order valence-electron chi connectivity index (χ3n) is 4.32. The molecule has 29 heavy (non-hydrogen) atoms. The lowest BCUT2D eigenvalue weighted by Gasteiger charge is -2.14. The highest BCUT2D eigenvalue weighted by molar-refractivity contribution is 9.10. The molecule has 0 aliphatic rings. The number of nitrogens with one attached hydrogen (secondary N) is 1. The van der Waals surface area contributed by atoms with Crippen LogP contribution < -0.4 is 10.9 Å². The number of carbonyl (C=O) groups is 1. The Hall–Kier alpha value is -3.39. The van der Waals surface area contributed by atoms with E-state index < -0.39 is 6.09 Å². The summed E-state index contributed by atoms with van der Waals surface area (Å²) < 4.78 is 8.87. The molecule has 0 aliphatic heterocycles. The number of amides is 1. The van der Waals surface area contributed by atoms with Gasteiger partial charge >= 0.3 is 6.09 Å². The Balaban J connectivity index is 1.59. The van der Waals surface area contributed by atoms with Gasteiger partial charge in [-0.05, 0) is 39.7 Å². The molecule has 7 nitrogen and oxygen atoms in total. The van der Waals surface area contributed by atoms with Crippen molar-refractivity contribution in [1.82, 2.24) is 19.5 Å². The maximum Gasteiger partial charge on any atom is 0.407 e. The van der Waals surface area contributed by atoms with E-state index in [9.17, 15) is 9.59 Å². The first-order valence-electron chi connectivity index (χ1n) is 8.92. The summed E-state index contributed by atoms with van der Waals surface area (Å²) in [6.07, 6.45) is 1.10. The van der Waals surface area contributed by atoms with E-state index in [0.29, 0.717) is 21.5 Å². The Morgan fingerprint density at radius 3 is 2.45 bits per heavy atom. The van der Waals surface area contributed by atoms with Crippen molar-refractivity contribution in [3.05, 3.63) is 99.1 Å². The van der Waals surface area contributed by atoms with Crippen LogP contribution in [-0.4, -0.2) is 20.3 Å². The molecule has 2 aromatic carbocycles. The molecule has 4 aromatic rings. The van der Waals surface area contributed by atoms with Gasteiger partial charge in [0.1, 0.15) is 12.1 Å². The summed E-state index contributed by atoms with van der Waals surface area (Å²) >= 11 is 3.39. The topological polar surface area (TPSA) is 77.6 Å². The monoisotopic (exact) mass is 452 g/mol. The molecule has 4 rings (SSSR count). The van der Waals surface area contributed by atoms with Crippen molar-refractivity contribution in [2.45, 2.75) is 13.2 Å². The fourth-order valence-corrected chi connectivity index (χ4v) is 3.43. The molecular weight excluding hydrogens is 436 g/mol. The Morgan fingerprint density at radius 1 is 1.03 bits per heavy atom. The van der Waals surface area contributed by atoms with Crippen molar-refractivity contribution < 1.29 is 9.53 Å². The highest BCUT2D eigenvalue weighted by Gasteiger charge is 2.16. The molecule has 8 heteroatoms. The van der Waals surface area contributed by atoms with Crippen LogP contribution in [-0.2, 0) is 17.9 Å². The van der Waals surface area contributed by atoms with Crippen molar-refractivity contribution in [3.8, 4) is 5.69 Å². The predicted molar refractivity (Wildman–Crippen MR) is 112 cm³/mol. The third-order valence-corrected chi connectivity index (χ3v) is 4.96. The molecule has 1 N–H and O–H groups in total. The smallest absolute Gasteiger partial charge is 0.407 e. The SMILES string of the molecule is O=C(NCc1nn2ccc(Br)c2c(=O)n1-c1ccccc1)OCc1ccccc1. The van der Waals surface area contributed by atoms with E-state index >= 15 is 0 Å². The number of aromatic nitrogens is 3. The first kappa shape index (κ1) is 18.9. The zero-order chi connectivity index (χ0) is 20.2. The first-order valence-corrected chi connectivity index (χ1v) is 9.71. The van der Waals surface area contributed by atoms with E-state index in [1.165, 1.54) is 9.08 Å². The van der Waals surface area contributed by atoms with Crippen LogP contribution in [0.5, 0.6) is 0 Å². The minimum Gasteiger partial charge on any atom is -0.445 e. The number of hydrogen-bond acceptors (Lipinski definition) is 4.